The molecule has 0 saturated carbocycles. The molecule has 0 bridgehead atoms. The van der Waals surface area contributed by atoms with Crippen molar-refractivity contribution >= 4 is 5.91 Å². The molecular formula is C12H16N2O3. The minimum absolute atomic E-state index is 0.212. The van der Waals surface area contributed by atoms with Crippen molar-refractivity contribution in [3.63, 3.8) is 0 Å². The van der Waals surface area contributed by atoms with E-state index in [1.54, 1.807) is 0 Å². The van der Waals surface area contributed by atoms with E-state index in [1.165, 1.54) is 5.56 Å². The summed E-state index contributed by atoms with van der Waals surface area (Å²) in [6.07, 6.45) is 0.829. The van der Waals surface area contributed by atoms with Gasteiger partial charge in [0.2, 0.25) is 12.7 Å². The quantitative estimate of drug-likeness (QED) is 0.723. The second-order valence-electron chi connectivity index (χ2n) is 4.03. The Kier molecular flexibility index (Phi) is 3.49. The number of amides is 1. The summed E-state index contributed by atoms with van der Waals surface area (Å²) in [7, 11) is 0. The van der Waals surface area contributed by atoms with Crippen LogP contribution in [-0.4, -0.2) is 25.8 Å². The second-order valence-corrected chi connectivity index (χ2v) is 4.03. The highest BCUT2D eigenvalue weighted by Crippen LogP contribution is 2.34. The smallest absolute Gasteiger partial charge is 0.231 e. The molecule has 1 amide bonds. The SMILES string of the molecule is Cc1cc2c(cc1CCNCC(N)=O)OCO2. The molecule has 0 spiro atoms. The molecule has 1 aromatic carbocycles. The number of rotatable bonds is 5. The number of aryl methyl sites for hydroxylation is 1. The summed E-state index contributed by atoms with van der Waals surface area (Å²) in [6, 6.07) is 3.97. The highest BCUT2D eigenvalue weighted by atomic mass is 16.7. The Labute approximate surface area is 99.9 Å². The maximum atomic E-state index is 10.6. The van der Waals surface area contributed by atoms with Gasteiger partial charge in [-0.05, 0) is 43.1 Å². The average molecular weight is 236 g/mol. The van der Waals surface area contributed by atoms with Crippen LogP contribution < -0.4 is 20.5 Å². The maximum Gasteiger partial charge on any atom is 0.231 e. The number of carbonyl (C=O) groups is 1. The van der Waals surface area contributed by atoms with Gasteiger partial charge < -0.3 is 20.5 Å². The van der Waals surface area contributed by atoms with Gasteiger partial charge in [0.15, 0.2) is 11.5 Å². The molecule has 1 aliphatic heterocycles. The third-order valence-electron chi connectivity index (χ3n) is 2.70. The van der Waals surface area contributed by atoms with Crippen LogP contribution in [-0.2, 0) is 11.2 Å². The number of ether oxygens (including phenoxy) is 2. The van der Waals surface area contributed by atoms with Crippen molar-refractivity contribution in [2.24, 2.45) is 5.73 Å². The van der Waals surface area contributed by atoms with E-state index in [1.807, 2.05) is 19.1 Å². The van der Waals surface area contributed by atoms with Crippen LogP contribution in [0.15, 0.2) is 12.1 Å². The summed E-state index contributed by atoms with van der Waals surface area (Å²) in [5.41, 5.74) is 7.39. The van der Waals surface area contributed by atoms with Gasteiger partial charge >= 0.3 is 0 Å². The van der Waals surface area contributed by atoms with Crippen molar-refractivity contribution < 1.29 is 14.3 Å². The van der Waals surface area contributed by atoms with E-state index in [4.69, 9.17) is 15.2 Å². The van der Waals surface area contributed by atoms with Crippen LogP contribution in [0.25, 0.3) is 0 Å². The zero-order chi connectivity index (χ0) is 12.3. The fourth-order valence-corrected chi connectivity index (χ4v) is 1.79. The lowest BCUT2D eigenvalue weighted by atomic mass is 10.0. The van der Waals surface area contributed by atoms with Crippen molar-refractivity contribution in [3.8, 4) is 11.5 Å². The Bertz CT molecular complexity index is 432. The zero-order valence-electron chi connectivity index (χ0n) is 9.79. The van der Waals surface area contributed by atoms with Crippen molar-refractivity contribution in [2.45, 2.75) is 13.3 Å². The van der Waals surface area contributed by atoms with Crippen LogP contribution in [0.2, 0.25) is 0 Å². The van der Waals surface area contributed by atoms with Crippen LogP contribution in [0.1, 0.15) is 11.1 Å². The van der Waals surface area contributed by atoms with Crippen LogP contribution in [0.5, 0.6) is 11.5 Å². The molecule has 0 unspecified atom stereocenters. The van der Waals surface area contributed by atoms with Crippen molar-refractivity contribution in [2.75, 3.05) is 19.9 Å². The van der Waals surface area contributed by atoms with Crippen molar-refractivity contribution in [1.29, 1.82) is 0 Å². The first-order chi connectivity index (χ1) is 8.16. The van der Waals surface area contributed by atoms with E-state index in [2.05, 4.69) is 5.32 Å². The summed E-state index contributed by atoms with van der Waals surface area (Å²) < 4.78 is 10.6. The number of nitrogens with two attached hydrogens (primary N) is 1. The molecule has 5 nitrogen and oxygen atoms in total. The highest BCUT2D eigenvalue weighted by molar-refractivity contribution is 5.75. The first-order valence-corrected chi connectivity index (χ1v) is 5.55. The third kappa shape index (κ3) is 2.88. The van der Waals surface area contributed by atoms with Crippen LogP contribution in [0.3, 0.4) is 0 Å². The lowest BCUT2D eigenvalue weighted by molar-refractivity contribution is -0.117. The minimum atomic E-state index is -0.340. The molecule has 0 aromatic heterocycles. The van der Waals surface area contributed by atoms with Gasteiger partial charge in [-0.2, -0.15) is 0 Å². The molecule has 1 aliphatic rings. The Morgan fingerprint density at radius 1 is 1.41 bits per heavy atom. The van der Waals surface area contributed by atoms with Crippen LogP contribution in [0, 0.1) is 6.92 Å². The molecule has 92 valence electrons. The van der Waals surface area contributed by atoms with Gasteiger partial charge in [0, 0.05) is 0 Å². The summed E-state index contributed by atoms with van der Waals surface area (Å²) >= 11 is 0. The minimum Gasteiger partial charge on any atom is -0.454 e. The zero-order valence-corrected chi connectivity index (χ0v) is 9.79. The van der Waals surface area contributed by atoms with Crippen LogP contribution >= 0.6 is 0 Å². The average Bonchev–Trinajstić information content (AvgIpc) is 2.71. The number of nitrogens with one attached hydrogen (secondary N) is 1. The van der Waals surface area contributed by atoms with E-state index < -0.39 is 0 Å². The van der Waals surface area contributed by atoms with E-state index in [0.717, 1.165) is 23.5 Å². The third-order valence-corrected chi connectivity index (χ3v) is 2.70. The fraction of sp³-hybridized carbons (Fsp3) is 0.417. The van der Waals surface area contributed by atoms with Gasteiger partial charge in [-0.3, -0.25) is 4.79 Å². The van der Waals surface area contributed by atoms with Gasteiger partial charge in [-0.1, -0.05) is 0 Å². The molecule has 0 atom stereocenters. The summed E-state index contributed by atoms with van der Waals surface area (Å²) in [6.45, 7) is 3.25. The molecule has 0 fully saturated rings. The number of fused-ring (bicyclic) bond motifs is 1. The first kappa shape index (κ1) is 11.7. The van der Waals surface area contributed by atoms with E-state index in [0.29, 0.717) is 6.54 Å². The second kappa shape index (κ2) is 5.05. The van der Waals surface area contributed by atoms with Crippen molar-refractivity contribution in [1.82, 2.24) is 5.32 Å². The molecule has 0 saturated heterocycles. The number of carbonyl (C=O) groups excluding carboxylic acids is 1. The molecule has 1 aromatic rings. The van der Waals surface area contributed by atoms with E-state index in [-0.39, 0.29) is 19.2 Å². The Balaban J connectivity index is 1.94. The van der Waals surface area contributed by atoms with E-state index >= 15 is 0 Å². The standard InChI is InChI=1S/C12H16N2O3/c1-8-4-10-11(17-7-16-10)5-9(8)2-3-14-6-12(13)15/h4-5,14H,2-3,6-7H2,1H3,(H2,13,15). The maximum absolute atomic E-state index is 10.6. The molecule has 2 rings (SSSR count). The molecule has 5 heteroatoms. The number of primary amides is 1. The van der Waals surface area contributed by atoms with Gasteiger partial charge in [-0.15, -0.1) is 0 Å². The highest BCUT2D eigenvalue weighted by Gasteiger charge is 2.15. The van der Waals surface area contributed by atoms with Crippen LogP contribution in [0.4, 0.5) is 0 Å². The molecule has 3 N–H and O–H groups in total. The monoisotopic (exact) mass is 236 g/mol. The molecular weight excluding hydrogens is 220 g/mol. The van der Waals surface area contributed by atoms with Gasteiger partial charge in [0.1, 0.15) is 0 Å². The summed E-state index contributed by atoms with van der Waals surface area (Å²) in [4.78, 5) is 10.6. The lowest BCUT2D eigenvalue weighted by Crippen LogP contribution is -2.29. The first-order valence-electron chi connectivity index (χ1n) is 5.55. The number of hydrogen-bond acceptors (Lipinski definition) is 4. The Morgan fingerprint density at radius 3 is 2.82 bits per heavy atom. The Hall–Kier alpha value is -1.75. The molecule has 1 heterocycles. The predicted octanol–water partition coefficient (Wildman–Crippen LogP) is 0.341. The lowest BCUT2D eigenvalue weighted by Gasteiger charge is -2.08. The fourth-order valence-electron chi connectivity index (χ4n) is 1.79. The number of benzene rings is 1. The number of hydrogen-bond donors (Lipinski definition) is 2. The molecule has 0 radical (unpaired) electrons. The molecule has 17 heavy (non-hydrogen) atoms. The van der Waals surface area contributed by atoms with Gasteiger partial charge in [0.05, 0.1) is 6.54 Å². The van der Waals surface area contributed by atoms with Gasteiger partial charge in [0.25, 0.3) is 0 Å². The summed E-state index contributed by atoms with van der Waals surface area (Å²) in [5, 5.41) is 2.98. The Morgan fingerprint density at radius 2 is 2.12 bits per heavy atom. The largest absolute Gasteiger partial charge is 0.454 e. The van der Waals surface area contributed by atoms with Crippen molar-refractivity contribution in [3.05, 3.63) is 23.3 Å². The van der Waals surface area contributed by atoms with E-state index in [9.17, 15) is 4.79 Å². The molecule has 0 aliphatic carbocycles. The topological polar surface area (TPSA) is 73.6 Å². The summed E-state index contributed by atoms with van der Waals surface area (Å²) in [5.74, 6) is 1.25. The normalized spacial score (nSPS) is 12.8. The predicted molar refractivity (Wildman–Crippen MR) is 63.1 cm³/mol. The van der Waals surface area contributed by atoms with Gasteiger partial charge in [-0.25, -0.2) is 0 Å².